The number of aryl methyl sites for hydroxylation is 3. The van der Waals surface area contributed by atoms with Gasteiger partial charge in [-0.15, -0.1) is 0 Å². The number of hydrogen-bond acceptors (Lipinski definition) is 2. The van der Waals surface area contributed by atoms with Crippen molar-refractivity contribution < 1.29 is 8.98 Å². The van der Waals surface area contributed by atoms with Gasteiger partial charge in [-0.05, 0) is 64.2 Å². The quantitative estimate of drug-likeness (QED) is 0.180. The van der Waals surface area contributed by atoms with Crippen LogP contribution in [0.25, 0.3) is 65.9 Å². The largest absolute Gasteiger partial charge is 0.454 e. The molecule has 0 fully saturated rings. The van der Waals surface area contributed by atoms with Crippen molar-refractivity contribution in [2.75, 3.05) is 0 Å². The van der Waals surface area contributed by atoms with Gasteiger partial charge in [0, 0.05) is 28.5 Å². The molecule has 5 aromatic carbocycles. The van der Waals surface area contributed by atoms with Crippen LogP contribution >= 0.6 is 0 Å². The molecule has 0 aliphatic carbocycles. The number of nitriles is 1. The molecule has 0 radical (unpaired) electrons. The maximum Gasteiger partial charge on any atom is 0.216 e. The average Bonchev–Trinajstić information content (AvgIpc) is 3.32. The lowest BCUT2D eigenvalue weighted by atomic mass is 9.91. The summed E-state index contributed by atoms with van der Waals surface area (Å²) in [5.41, 5.74) is 8.59. The van der Waals surface area contributed by atoms with E-state index in [2.05, 4.69) is 117 Å². The third-order valence-corrected chi connectivity index (χ3v) is 7.76. The van der Waals surface area contributed by atoms with Crippen molar-refractivity contribution >= 4 is 43.5 Å². The van der Waals surface area contributed by atoms with Gasteiger partial charge in [0.15, 0.2) is 6.20 Å². The molecule has 38 heavy (non-hydrogen) atoms. The minimum absolute atomic E-state index is 0.608. The highest BCUT2D eigenvalue weighted by Crippen LogP contribution is 2.44. The Kier molecular flexibility index (Phi) is 4.86. The fraction of sp³-hybridized carbons (Fsp3) is 0.0857. The lowest BCUT2D eigenvalue weighted by Gasteiger charge is -2.11. The first-order valence-electron chi connectivity index (χ1n) is 12.8. The Balaban J connectivity index is 1.61. The first-order chi connectivity index (χ1) is 18.5. The predicted octanol–water partition coefficient (Wildman–Crippen LogP) is 8.54. The van der Waals surface area contributed by atoms with Crippen LogP contribution in [0.2, 0.25) is 0 Å². The molecule has 0 bridgehead atoms. The van der Waals surface area contributed by atoms with E-state index in [-0.39, 0.29) is 0 Å². The highest BCUT2D eigenvalue weighted by molar-refractivity contribution is 6.18. The molecular formula is C35H25N2O+. The van der Waals surface area contributed by atoms with E-state index in [1.807, 2.05) is 12.1 Å². The van der Waals surface area contributed by atoms with E-state index < -0.39 is 0 Å². The third-order valence-electron chi connectivity index (χ3n) is 7.76. The van der Waals surface area contributed by atoms with Gasteiger partial charge in [0.1, 0.15) is 18.2 Å². The molecule has 0 N–H and O–H groups in total. The number of hydrogen-bond donors (Lipinski definition) is 0. The van der Waals surface area contributed by atoms with Crippen molar-refractivity contribution in [3.8, 4) is 28.5 Å². The van der Waals surface area contributed by atoms with E-state index in [0.717, 1.165) is 55.3 Å². The number of benzene rings is 5. The molecule has 0 aliphatic heterocycles. The number of fused-ring (bicyclic) bond motifs is 6. The Morgan fingerprint density at radius 2 is 1.42 bits per heavy atom. The second-order valence-electron chi connectivity index (χ2n) is 10.1. The summed E-state index contributed by atoms with van der Waals surface area (Å²) < 4.78 is 8.95. The van der Waals surface area contributed by atoms with E-state index in [1.165, 1.54) is 21.7 Å². The maximum absolute atomic E-state index is 10.2. The minimum Gasteiger partial charge on any atom is -0.454 e. The molecule has 7 aromatic rings. The van der Waals surface area contributed by atoms with Gasteiger partial charge in [0.05, 0.1) is 17.2 Å². The maximum atomic E-state index is 10.2. The number of furan rings is 1. The summed E-state index contributed by atoms with van der Waals surface area (Å²) in [6.07, 6.45) is 2.09. The highest BCUT2D eigenvalue weighted by Gasteiger charge is 2.24. The molecule has 0 saturated heterocycles. The standard InChI is InChI=1S/C35H25N2O/c1-21-17-18-37(3)31(19-21)32-22(2)11-14-29-30-16-13-24(20-36)33(35(30)38-34(29)32)28-10-6-9-26-25-8-5-4-7-23(25)12-15-27(26)28/h4-19H,1-3H3/q+1. The lowest BCUT2D eigenvalue weighted by Crippen LogP contribution is -2.30. The van der Waals surface area contributed by atoms with Crippen LogP contribution < -0.4 is 4.57 Å². The second kappa shape index (κ2) is 8.30. The van der Waals surface area contributed by atoms with Crippen LogP contribution in [0.5, 0.6) is 0 Å². The molecule has 0 spiro atoms. The molecule has 3 heteroatoms. The Hall–Kier alpha value is -4.94. The van der Waals surface area contributed by atoms with Gasteiger partial charge >= 0.3 is 0 Å². The van der Waals surface area contributed by atoms with Crippen LogP contribution in [-0.2, 0) is 7.05 Å². The molecular weight excluding hydrogens is 464 g/mol. The van der Waals surface area contributed by atoms with E-state index in [9.17, 15) is 5.26 Å². The summed E-state index contributed by atoms with van der Waals surface area (Å²) >= 11 is 0. The van der Waals surface area contributed by atoms with Crippen LogP contribution in [0.15, 0.2) is 102 Å². The fourth-order valence-corrected chi connectivity index (χ4v) is 5.86. The van der Waals surface area contributed by atoms with Gasteiger partial charge in [-0.3, -0.25) is 0 Å². The Morgan fingerprint density at radius 1 is 0.684 bits per heavy atom. The predicted molar refractivity (Wildman–Crippen MR) is 155 cm³/mol. The molecule has 180 valence electrons. The summed E-state index contributed by atoms with van der Waals surface area (Å²) in [6, 6.07) is 34.1. The molecule has 2 heterocycles. The van der Waals surface area contributed by atoms with Crippen LogP contribution in [0.4, 0.5) is 0 Å². The van der Waals surface area contributed by atoms with Crippen molar-refractivity contribution in [1.29, 1.82) is 5.26 Å². The molecule has 7 rings (SSSR count). The Morgan fingerprint density at radius 3 is 2.26 bits per heavy atom. The average molecular weight is 490 g/mol. The zero-order valence-electron chi connectivity index (χ0n) is 21.5. The number of rotatable bonds is 2. The monoisotopic (exact) mass is 489 g/mol. The highest BCUT2D eigenvalue weighted by atomic mass is 16.3. The van der Waals surface area contributed by atoms with Crippen molar-refractivity contribution in [1.82, 2.24) is 0 Å². The molecule has 0 aliphatic rings. The van der Waals surface area contributed by atoms with Crippen LogP contribution in [0.1, 0.15) is 16.7 Å². The molecule has 0 amide bonds. The zero-order chi connectivity index (χ0) is 26.0. The molecule has 0 unspecified atom stereocenters. The first kappa shape index (κ1) is 22.3. The van der Waals surface area contributed by atoms with E-state index >= 15 is 0 Å². The Labute approximate surface area is 220 Å². The van der Waals surface area contributed by atoms with E-state index in [0.29, 0.717) is 5.56 Å². The topological polar surface area (TPSA) is 40.8 Å². The first-order valence-corrected chi connectivity index (χ1v) is 12.8. The molecule has 2 aromatic heterocycles. The van der Waals surface area contributed by atoms with Crippen LogP contribution in [-0.4, -0.2) is 0 Å². The number of aromatic nitrogens is 1. The van der Waals surface area contributed by atoms with Gasteiger partial charge in [0.25, 0.3) is 0 Å². The van der Waals surface area contributed by atoms with Crippen molar-refractivity contribution in [3.05, 3.63) is 114 Å². The summed E-state index contributed by atoms with van der Waals surface area (Å²) in [7, 11) is 2.06. The normalized spacial score (nSPS) is 11.5. The van der Waals surface area contributed by atoms with Crippen LogP contribution in [0, 0.1) is 25.2 Å². The van der Waals surface area contributed by atoms with Gasteiger partial charge in [-0.1, -0.05) is 66.7 Å². The van der Waals surface area contributed by atoms with Gasteiger partial charge in [0.2, 0.25) is 5.69 Å². The minimum atomic E-state index is 0.608. The van der Waals surface area contributed by atoms with E-state index in [4.69, 9.17) is 4.42 Å². The summed E-state index contributed by atoms with van der Waals surface area (Å²) in [4.78, 5) is 0. The van der Waals surface area contributed by atoms with Crippen molar-refractivity contribution in [3.63, 3.8) is 0 Å². The van der Waals surface area contributed by atoms with Gasteiger partial charge < -0.3 is 4.42 Å². The molecule has 3 nitrogen and oxygen atoms in total. The number of nitrogens with zero attached hydrogens (tertiary/aromatic N) is 2. The van der Waals surface area contributed by atoms with Crippen molar-refractivity contribution in [2.24, 2.45) is 7.05 Å². The van der Waals surface area contributed by atoms with Gasteiger partial charge in [-0.2, -0.15) is 5.26 Å². The zero-order valence-corrected chi connectivity index (χ0v) is 21.5. The van der Waals surface area contributed by atoms with Crippen molar-refractivity contribution in [2.45, 2.75) is 13.8 Å². The lowest BCUT2D eigenvalue weighted by molar-refractivity contribution is -0.660. The smallest absolute Gasteiger partial charge is 0.216 e. The fourth-order valence-electron chi connectivity index (χ4n) is 5.86. The molecule has 0 atom stereocenters. The van der Waals surface area contributed by atoms with Crippen LogP contribution in [0.3, 0.4) is 0 Å². The SMILES string of the molecule is Cc1cc[n+](C)c(-c2c(C)ccc3c2oc2c(-c4cccc5c4ccc4ccccc45)c(C#N)ccc23)c1. The third kappa shape index (κ3) is 3.17. The summed E-state index contributed by atoms with van der Waals surface area (Å²) in [5.74, 6) is 0. The molecule has 0 saturated carbocycles. The summed E-state index contributed by atoms with van der Waals surface area (Å²) in [6.45, 7) is 4.24. The van der Waals surface area contributed by atoms with Gasteiger partial charge in [-0.25, -0.2) is 4.57 Å². The second-order valence-corrected chi connectivity index (χ2v) is 10.1. The number of pyridine rings is 1. The summed E-state index contributed by atoms with van der Waals surface area (Å²) in [5, 5.41) is 17.0. The van der Waals surface area contributed by atoms with E-state index in [1.54, 1.807) is 0 Å². The Bertz CT molecular complexity index is 2130.